The summed E-state index contributed by atoms with van der Waals surface area (Å²) >= 11 is 10.7. The summed E-state index contributed by atoms with van der Waals surface area (Å²) in [6.45, 7) is 0.208. The fourth-order valence-corrected chi connectivity index (χ4v) is 1.73. The Balaban J connectivity index is 2.67. The summed E-state index contributed by atoms with van der Waals surface area (Å²) in [5, 5.41) is 7.41. The Morgan fingerprint density at radius 2 is 1.82 bits per heavy atom. The first-order valence-electron chi connectivity index (χ1n) is 4.48. The van der Waals surface area contributed by atoms with Crippen LogP contribution in [0.15, 0.2) is 29.2 Å². The van der Waals surface area contributed by atoms with Crippen molar-refractivity contribution in [1.29, 1.82) is 0 Å². The minimum Gasteiger partial charge on any atom is -0.350 e. The van der Waals surface area contributed by atoms with Crippen molar-refractivity contribution in [2.24, 2.45) is 5.14 Å². The number of hydrogen-bond acceptors (Lipinski definition) is 3. The van der Waals surface area contributed by atoms with Gasteiger partial charge in [-0.3, -0.25) is 4.79 Å². The Kier molecular flexibility index (Phi) is 4.76. The Hall–Kier alpha value is -0.820. The summed E-state index contributed by atoms with van der Waals surface area (Å²) in [6.07, 6.45) is 0. The largest absolute Gasteiger partial charge is 0.350 e. The zero-order chi connectivity index (χ0) is 13.1. The van der Waals surface area contributed by atoms with E-state index < -0.39 is 20.8 Å². The van der Waals surface area contributed by atoms with E-state index in [1.807, 2.05) is 0 Å². The van der Waals surface area contributed by atoms with Gasteiger partial charge < -0.3 is 5.32 Å². The van der Waals surface area contributed by atoms with E-state index >= 15 is 0 Å². The van der Waals surface area contributed by atoms with E-state index in [1.54, 1.807) is 0 Å². The number of alkyl halides is 2. The molecule has 0 aliphatic rings. The summed E-state index contributed by atoms with van der Waals surface area (Å²) in [4.78, 5) is 9.94. The van der Waals surface area contributed by atoms with Crippen LogP contribution in [-0.4, -0.2) is 19.2 Å². The lowest BCUT2D eigenvalue weighted by Gasteiger charge is -2.06. The number of rotatable bonds is 4. The van der Waals surface area contributed by atoms with Gasteiger partial charge in [-0.05, 0) is 17.7 Å². The number of carbonyl (C=O) groups is 1. The summed E-state index contributed by atoms with van der Waals surface area (Å²) in [7, 11) is -3.69. The van der Waals surface area contributed by atoms with Crippen molar-refractivity contribution in [2.45, 2.75) is 16.3 Å². The van der Waals surface area contributed by atoms with Gasteiger partial charge in [0.1, 0.15) is 0 Å². The topological polar surface area (TPSA) is 89.3 Å². The van der Waals surface area contributed by atoms with Crippen molar-refractivity contribution in [3.8, 4) is 0 Å². The maximum Gasteiger partial charge on any atom is 0.253 e. The zero-order valence-electron chi connectivity index (χ0n) is 8.56. The van der Waals surface area contributed by atoms with Crippen LogP contribution in [-0.2, 0) is 21.4 Å². The average Bonchev–Trinajstić information content (AvgIpc) is 2.25. The van der Waals surface area contributed by atoms with E-state index in [0.29, 0.717) is 5.56 Å². The van der Waals surface area contributed by atoms with Gasteiger partial charge in [0.2, 0.25) is 10.0 Å². The van der Waals surface area contributed by atoms with Gasteiger partial charge in [0.05, 0.1) is 4.90 Å². The first-order chi connectivity index (χ1) is 7.80. The van der Waals surface area contributed by atoms with Crippen LogP contribution in [0.5, 0.6) is 0 Å². The van der Waals surface area contributed by atoms with Crippen LogP contribution in [0.25, 0.3) is 0 Å². The van der Waals surface area contributed by atoms with Crippen molar-refractivity contribution < 1.29 is 13.2 Å². The molecule has 0 saturated carbocycles. The number of halogens is 2. The standard InChI is InChI=1S/C9H10Cl2N2O3S/c10-8(11)9(14)13-5-6-1-3-7(4-2-6)17(12,15)16/h1-4,8H,5H2,(H,13,14)(H2,12,15,16). The summed E-state index contributed by atoms with van der Waals surface area (Å²) in [5.74, 6) is -0.510. The molecule has 5 nitrogen and oxygen atoms in total. The Labute approximate surface area is 109 Å². The molecule has 1 aromatic carbocycles. The molecule has 0 bridgehead atoms. The van der Waals surface area contributed by atoms with Gasteiger partial charge in [-0.15, -0.1) is 0 Å². The van der Waals surface area contributed by atoms with Crippen LogP contribution in [0.3, 0.4) is 0 Å². The number of sulfonamides is 1. The lowest BCUT2D eigenvalue weighted by molar-refractivity contribution is -0.119. The lowest BCUT2D eigenvalue weighted by Crippen LogP contribution is -2.27. The van der Waals surface area contributed by atoms with Crippen LogP contribution in [0.2, 0.25) is 0 Å². The Bertz CT molecular complexity index is 499. The van der Waals surface area contributed by atoms with Gasteiger partial charge in [0.15, 0.2) is 4.84 Å². The molecule has 8 heteroatoms. The minimum atomic E-state index is -3.69. The molecule has 0 aliphatic heterocycles. The number of nitrogens with two attached hydrogens (primary N) is 1. The number of primary sulfonamides is 1. The van der Waals surface area contributed by atoms with Crippen molar-refractivity contribution in [3.63, 3.8) is 0 Å². The van der Waals surface area contributed by atoms with Crippen molar-refractivity contribution >= 4 is 39.1 Å². The normalized spacial score (nSPS) is 11.5. The monoisotopic (exact) mass is 296 g/mol. The zero-order valence-corrected chi connectivity index (χ0v) is 10.9. The van der Waals surface area contributed by atoms with Gasteiger partial charge >= 0.3 is 0 Å². The molecule has 0 unspecified atom stereocenters. The van der Waals surface area contributed by atoms with Gasteiger partial charge in [0, 0.05) is 6.54 Å². The molecule has 1 aromatic rings. The maximum absolute atomic E-state index is 11.1. The number of amides is 1. The molecular formula is C9H10Cl2N2O3S. The average molecular weight is 297 g/mol. The van der Waals surface area contributed by atoms with E-state index in [2.05, 4.69) is 5.32 Å². The molecule has 94 valence electrons. The molecule has 1 amide bonds. The molecule has 0 spiro atoms. The first kappa shape index (κ1) is 14.2. The summed E-state index contributed by atoms with van der Waals surface area (Å²) in [5.41, 5.74) is 0.708. The molecule has 0 aromatic heterocycles. The second-order valence-corrected chi connectivity index (χ2v) is 5.87. The van der Waals surface area contributed by atoms with Crippen molar-refractivity contribution in [1.82, 2.24) is 5.32 Å². The highest BCUT2D eigenvalue weighted by atomic mass is 35.5. The van der Waals surface area contributed by atoms with E-state index in [4.69, 9.17) is 28.3 Å². The van der Waals surface area contributed by atoms with Crippen molar-refractivity contribution in [2.75, 3.05) is 0 Å². The van der Waals surface area contributed by atoms with Gasteiger partial charge in [0.25, 0.3) is 5.91 Å². The Morgan fingerprint density at radius 1 is 1.29 bits per heavy atom. The lowest BCUT2D eigenvalue weighted by atomic mass is 10.2. The van der Waals surface area contributed by atoms with Crippen LogP contribution in [0.4, 0.5) is 0 Å². The van der Waals surface area contributed by atoms with Crippen LogP contribution in [0.1, 0.15) is 5.56 Å². The summed E-state index contributed by atoms with van der Waals surface area (Å²) < 4.78 is 21.9. The predicted octanol–water partition coefficient (Wildman–Crippen LogP) is 0.754. The second kappa shape index (κ2) is 5.68. The molecule has 3 N–H and O–H groups in total. The smallest absolute Gasteiger partial charge is 0.253 e. The minimum absolute atomic E-state index is 0.0140. The number of nitrogens with one attached hydrogen (secondary N) is 1. The molecule has 0 saturated heterocycles. The van der Waals surface area contributed by atoms with E-state index in [9.17, 15) is 13.2 Å². The van der Waals surface area contributed by atoms with Gasteiger partial charge in [-0.25, -0.2) is 13.6 Å². The van der Waals surface area contributed by atoms with Gasteiger partial charge in [-0.1, -0.05) is 35.3 Å². The van der Waals surface area contributed by atoms with Crippen molar-refractivity contribution in [3.05, 3.63) is 29.8 Å². The maximum atomic E-state index is 11.1. The van der Waals surface area contributed by atoms with Crippen LogP contribution >= 0.6 is 23.2 Å². The molecule has 17 heavy (non-hydrogen) atoms. The molecule has 0 atom stereocenters. The van der Waals surface area contributed by atoms with Crippen LogP contribution < -0.4 is 10.5 Å². The first-order valence-corrected chi connectivity index (χ1v) is 6.90. The Morgan fingerprint density at radius 3 is 2.24 bits per heavy atom. The third-order valence-corrected chi connectivity index (χ3v) is 3.24. The number of benzene rings is 1. The number of carbonyl (C=O) groups excluding carboxylic acids is 1. The SMILES string of the molecule is NS(=O)(=O)c1ccc(CNC(=O)C(Cl)Cl)cc1. The van der Waals surface area contributed by atoms with Crippen LogP contribution in [0, 0.1) is 0 Å². The third kappa shape index (κ3) is 4.51. The fourth-order valence-electron chi connectivity index (χ4n) is 1.06. The van der Waals surface area contributed by atoms with E-state index in [0.717, 1.165) is 0 Å². The third-order valence-electron chi connectivity index (χ3n) is 1.92. The molecular weight excluding hydrogens is 287 g/mol. The number of hydrogen-bond donors (Lipinski definition) is 2. The predicted molar refractivity (Wildman–Crippen MR) is 65.2 cm³/mol. The van der Waals surface area contributed by atoms with E-state index in [-0.39, 0.29) is 11.4 Å². The van der Waals surface area contributed by atoms with E-state index in [1.165, 1.54) is 24.3 Å². The summed E-state index contributed by atoms with van der Waals surface area (Å²) in [6, 6.07) is 5.79. The molecule has 0 aliphatic carbocycles. The highest BCUT2D eigenvalue weighted by Gasteiger charge is 2.11. The highest BCUT2D eigenvalue weighted by Crippen LogP contribution is 2.09. The molecule has 0 heterocycles. The highest BCUT2D eigenvalue weighted by molar-refractivity contribution is 7.89. The molecule has 1 rings (SSSR count). The quantitative estimate of drug-likeness (QED) is 0.804. The fraction of sp³-hybridized carbons (Fsp3) is 0.222. The molecule has 0 fully saturated rings. The van der Waals surface area contributed by atoms with Gasteiger partial charge in [-0.2, -0.15) is 0 Å². The molecule has 0 radical (unpaired) electrons. The second-order valence-electron chi connectivity index (χ2n) is 3.21.